The lowest BCUT2D eigenvalue weighted by Crippen LogP contribution is -2.49. The first-order valence-corrected chi connectivity index (χ1v) is 9.26. The molecule has 0 radical (unpaired) electrons. The van der Waals surface area contributed by atoms with Crippen molar-refractivity contribution in [1.29, 1.82) is 0 Å². The van der Waals surface area contributed by atoms with Crippen LogP contribution in [0.1, 0.15) is 11.1 Å². The number of nitro groups is 1. The average Bonchev–Trinajstić information content (AvgIpc) is 3.09. The SMILES string of the molecule is Cc1ccc2c(CC(=O)N3CCN(c4ccccc4[N+](=O)[O-])CC3)coc2c1. The van der Waals surface area contributed by atoms with Gasteiger partial charge >= 0.3 is 0 Å². The van der Waals surface area contributed by atoms with Gasteiger partial charge in [-0.05, 0) is 24.6 Å². The van der Waals surface area contributed by atoms with Crippen molar-refractivity contribution in [3.8, 4) is 0 Å². The predicted molar refractivity (Wildman–Crippen MR) is 107 cm³/mol. The highest BCUT2D eigenvalue weighted by molar-refractivity contribution is 5.88. The van der Waals surface area contributed by atoms with E-state index < -0.39 is 0 Å². The Kier molecular flexibility index (Phi) is 4.73. The molecule has 7 heteroatoms. The standard InChI is InChI=1S/C21H21N3O4/c1-15-6-7-17-16(14-28-20(17)12-15)13-21(25)23-10-8-22(9-11-23)18-4-2-3-5-19(18)24(26)27/h2-7,12,14H,8-11,13H2,1H3. The van der Waals surface area contributed by atoms with Crippen LogP contribution in [0.5, 0.6) is 0 Å². The molecule has 1 aromatic heterocycles. The van der Waals surface area contributed by atoms with Gasteiger partial charge in [0.1, 0.15) is 11.3 Å². The molecule has 7 nitrogen and oxygen atoms in total. The summed E-state index contributed by atoms with van der Waals surface area (Å²) in [6.45, 7) is 4.23. The van der Waals surface area contributed by atoms with Crippen LogP contribution in [0.25, 0.3) is 11.0 Å². The van der Waals surface area contributed by atoms with Crippen molar-refractivity contribution in [3.63, 3.8) is 0 Å². The van der Waals surface area contributed by atoms with Gasteiger partial charge < -0.3 is 14.2 Å². The fraction of sp³-hybridized carbons (Fsp3) is 0.286. The van der Waals surface area contributed by atoms with Gasteiger partial charge in [0.25, 0.3) is 5.69 Å². The summed E-state index contributed by atoms with van der Waals surface area (Å²) in [5, 5.41) is 12.2. The van der Waals surface area contributed by atoms with Crippen LogP contribution in [0.2, 0.25) is 0 Å². The molecule has 0 unspecified atom stereocenters. The second-order valence-electron chi connectivity index (χ2n) is 7.05. The first-order chi connectivity index (χ1) is 13.5. The highest BCUT2D eigenvalue weighted by atomic mass is 16.6. The molecule has 2 aromatic carbocycles. The molecule has 0 aliphatic carbocycles. The molecule has 0 saturated carbocycles. The Morgan fingerprint density at radius 1 is 1.14 bits per heavy atom. The third kappa shape index (κ3) is 3.43. The zero-order chi connectivity index (χ0) is 19.7. The molecule has 0 atom stereocenters. The van der Waals surface area contributed by atoms with Gasteiger partial charge in [0.05, 0.1) is 17.6 Å². The molecule has 0 N–H and O–H groups in total. The molecule has 4 rings (SSSR count). The first-order valence-electron chi connectivity index (χ1n) is 9.26. The Labute approximate surface area is 162 Å². The molecule has 28 heavy (non-hydrogen) atoms. The van der Waals surface area contributed by atoms with Crippen LogP contribution in [-0.4, -0.2) is 41.9 Å². The number of anilines is 1. The average molecular weight is 379 g/mol. The number of nitrogens with zero attached hydrogens (tertiary/aromatic N) is 3. The van der Waals surface area contributed by atoms with Crippen molar-refractivity contribution < 1.29 is 14.1 Å². The van der Waals surface area contributed by atoms with E-state index in [0.717, 1.165) is 22.1 Å². The van der Waals surface area contributed by atoms with Crippen LogP contribution in [0, 0.1) is 17.0 Å². The Balaban J connectivity index is 1.42. The van der Waals surface area contributed by atoms with E-state index in [2.05, 4.69) is 0 Å². The van der Waals surface area contributed by atoms with Crippen LogP contribution in [-0.2, 0) is 11.2 Å². The minimum Gasteiger partial charge on any atom is -0.464 e. The van der Waals surface area contributed by atoms with Gasteiger partial charge in [-0.3, -0.25) is 14.9 Å². The molecule has 1 aliphatic rings. The van der Waals surface area contributed by atoms with Gasteiger partial charge in [-0.15, -0.1) is 0 Å². The highest BCUT2D eigenvalue weighted by Crippen LogP contribution is 2.28. The summed E-state index contributed by atoms with van der Waals surface area (Å²) < 4.78 is 5.59. The van der Waals surface area contributed by atoms with Crippen LogP contribution in [0.4, 0.5) is 11.4 Å². The quantitative estimate of drug-likeness (QED) is 0.512. The second kappa shape index (κ2) is 7.34. The first kappa shape index (κ1) is 18.0. The number of rotatable bonds is 4. The number of amides is 1. The summed E-state index contributed by atoms with van der Waals surface area (Å²) in [7, 11) is 0. The Morgan fingerprint density at radius 2 is 1.89 bits per heavy atom. The van der Waals surface area contributed by atoms with Gasteiger partial charge in [-0.2, -0.15) is 0 Å². The fourth-order valence-corrected chi connectivity index (χ4v) is 3.68. The fourth-order valence-electron chi connectivity index (χ4n) is 3.68. The highest BCUT2D eigenvalue weighted by Gasteiger charge is 2.26. The van der Waals surface area contributed by atoms with Gasteiger partial charge in [-0.25, -0.2) is 0 Å². The number of furan rings is 1. The summed E-state index contributed by atoms with van der Waals surface area (Å²) in [5.41, 5.74) is 3.51. The van der Waals surface area contributed by atoms with Gasteiger partial charge in [-0.1, -0.05) is 24.3 Å². The predicted octanol–water partition coefficient (Wildman–Crippen LogP) is 3.54. The smallest absolute Gasteiger partial charge is 0.292 e. The normalized spacial score (nSPS) is 14.5. The monoisotopic (exact) mass is 379 g/mol. The summed E-state index contributed by atoms with van der Waals surface area (Å²) in [5.74, 6) is 0.0467. The molecule has 2 heterocycles. The third-order valence-corrected chi connectivity index (χ3v) is 5.20. The lowest BCUT2D eigenvalue weighted by Gasteiger charge is -2.35. The second-order valence-corrected chi connectivity index (χ2v) is 7.05. The van der Waals surface area contributed by atoms with E-state index in [1.807, 2.05) is 34.9 Å². The summed E-state index contributed by atoms with van der Waals surface area (Å²) in [4.78, 5) is 27.4. The number of para-hydroxylation sites is 2. The Morgan fingerprint density at radius 3 is 2.64 bits per heavy atom. The zero-order valence-electron chi connectivity index (χ0n) is 15.6. The number of carbonyl (C=O) groups excluding carboxylic acids is 1. The van der Waals surface area contributed by atoms with Crippen LogP contribution >= 0.6 is 0 Å². The number of hydrogen-bond donors (Lipinski definition) is 0. The number of benzene rings is 2. The molecule has 1 aliphatic heterocycles. The van der Waals surface area contributed by atoms with E-state index in [4.69, 9.17) is 4.42 Å². The summed E-state index contributed by atoms with van der Waals surface area (Å²) in [6, 6.07) is 12.7. The minimum absolute atomic E-state index is 0.0467. The lowest BCUT2D eigenvalue weighted by atomic mass is 10.1. The molecule has 1 fully saturated rings. The number of fused-ring (bicyclic) bond motifs is 1. The van der Waals surface area contributed by atoms with E-state index in [1.165, 1.54) is 6.07 Å². The zero-order valence-corrected chi connectivity index (χ0v) is 15.6. The number of carbonyl (C=O) groups is 1. The Bertz CT molecular complexity index is 1040. The number of hydrogen-bond acceptors (Lipinski definition) is 5. The van der Waals surface area contributed by atoms with E-state index in [-0.39, 0.29) is 16.5 Å². The molecular weight excluding hydrogens is 358 g/mol. The molecule has 3 aromatic rings. The van der Waals surface area contributed by atoms with E-state index in [0.29, 0.717) is 38.3 Å². The Hall–Kier alpha value is -3.35. The largest absolute Gasteiger partial charge is 0.464 e. The van der Waals surface area contributed by atoms with Gasteiger partial charge in [0.15, 0.2) is 0 Å². The van der Waals surface area contributed by atoms with Crippen molar-refractivity contribution in [2.45, 2.75) is 13.3 Å². The lowest BCUT2D eigenvalue weighted by molar-refractivity contribution is -0.384. The minimum atomic E-state index is -0.363. The van der Waals surface area contributed by atoms with Crippen LogP contribution in [0.3, 0.4) is 0 Å². The van der Waals surface area contributed by atoms with Gasteiger partial charge in [0, 0.05) is 43.2 Å². The number of nitro benzene ring substituents is 1. The van der Waals surface area contributed by atoms with E-state index >= 15 is 0 Å². The molecular formula is C21H21N3O4. The van der Waals surface area contributed by atoms with Crippen molar-refractivity contribution in [2.24, 2.45) is 0 Å². The van der Waals surface area contributed by atoms with Crippen LogP contribution in [0.15, 0.2) is 53.1 Å². The molecule has 0 bridgehead atoms. The van der Waals surface area contributed by atoms with Crippen molar-refractivity contribution >= 4 is 28.3 Å². The summed E-state index contributed by atoms with van der Waals surface area (Å²) >= 11 is 0. The number of aryl methyl sites for hydroxylation is 1. The molecule has 0 spiro atoms. The maximum absolute atomic E-state index is 12.8. The maximum atomic E-state index is 12.8. The summed E-state index contributed by atoms with van der Waals surface area (Å²) in [6.07, 6.45) is 1.95. The topological polar surface area (TPSA) is 79.8 Å². The maximum Gasteiger partial charge on any atom is 0.292 e. The third-order valence-electron chi connectivity index (χ3n) is 5.20. The van der Waals surface area contributed by atoms with Gasteiger partial charge in [0.2, 0.25) is 5.91 Å². The molecule has 1 amide bonds. The van der Waals surface area contributed by atoms with E-state index in [9.17, 15) is 14.9 Å². The van der Waals surface area contributed by atoms with Crippen molar-refractivity contribution in [3.05, 3.63) is 70.0 Å². The van der Waals surface area contributed by atoms with Crippen molar-refractivity contribution in [1.82, 2.24) is 4.90 Å². The van der Waals surface area contributed by atoms with Crippen LogP contribution < -0.4 is 4.90 Å². The number of piperazine rings is 1. The van der Waals surface area contributed by atoms with Crippen molar-refractivity contribution in [2.75, 3.05) is 31.1 Å². The van der Waals surface area contributed by atoms with E-state index in [1.54, 1.807) is 24.5 Å². The molecule has 1 saturated heterocycles. The molecule has 144 valence electrons.